The van der Waals surface area contributed by atoms with Crippen LogP contribution >= 0.6 is 24.0 Å². The number of ether oxygens (including phenoxy) is 1. The predicted octanol–water partition coefficient (Wildman–Crippen LogP) is 2.88. The minimum absolute atomic E-state index is 0. The molecule has 5 nitrogen and oxygen atoms in total. The molecule has 6 heteroatoms. The lowest BCUT2D eigenvalue weighted by Gasteiger charge is -2.22. The van der Waals surface area contributed by atoms with Crippen molar-refractivity contribution in [2.24, 2.45) is 12.0 Å². The normalized spacial score (nSPS) is 13.4. The Balaban J connectivity index is 0.00000208. The molecule has 3 rings (SSSR count). The number of nitrogens with one attached hydrogen (secondary N) is 1. The van der Waals surface area contributed by atoms with Crippen molar-refractivity contribution >= 4 is 29.9 Å². The SMILES string of the molecule is CN=C(NCc1ccc2c(c1)COC2)N(C)Cc1cccn1C.I. The smallest absolute Gasteiger partial charge is 0.194 e. The highest BCUT2D eigenvalue weighted by Crippen LogP contribution is 2.20. The quantitative estimate of drug-likeness (QED) is 0.452. The van der Waals surface area contributed by atoms with Crippen LogP contribution in [0, 0.1) is 0 Å². The maximum atomic E-state index is 5.47. The van der Waals surface area contributed by atoms with Gasteiger partial charge < -0.3 is 19.5 Å². The number of guanidine groups is 1. The largest absolute Gasteiger partial charge is 0.372 e. The van der Waals surface area contributed by atoms with E-state index in [9.17, 15) is 0 Å². The molecule has 130 valence electrons. The number of hydrogen-bond acceptors (Lipinski definition) is 2. The van der Waals surface area contributed by atoms with Gasteiger partial charge in [0.25, 0.3) is 0 Å². The average molecular weight is 440 g/mol. The number of halogens is 1. The Hall–Kier alpha value is -1.54. The molecule has 1 N–H and O–H groups in total. The first-order chi connectivity index (χ1) is 11.2. The van der Waals surface area contributed by atoms with Gasteiger partial charge in [-0.2, -0.15) is 0 Å². The topological polar surface area (TPSA) is 41.8 Å². The Bertz CT molecular complexity index is 711. The van der Waals surface area contributed by atoms with Crippen LogP contribution in [0.3, 0.4) is 0 Å². The Kier molecular flexibility index (Phi) is 6.68. The van der Waals surface area contributed by atoms with Crippen LogP contribution in [0.25, 0.3) is 0 Å². The van der Waals surface area contributed by atoms with Gasteiger partial charge in [0.1, 0.15) is 0 Å². The fourth-order valence-electron chi connectivity index (χ4n) is 2.88. The summed E-state index contributed by atoms with van der Waals surface area (Å²) in [6.45, 7) is 3.05. The van der Waals surface area contributed by atoms with Gasteiger partial charge in [-0.25, -0.2) is 0 Å². The average Bonchev–Trinajstić information content (AvgIpc) is 3.17. The van der Waals surface area contributed by atoms with Gasteiger partial charge in [-0.1, -0.05) is 18.2 Å². The summed E-state index contributed by atoms with van der Waals surface area (Å²) in [5.41, 5.74) is 5.11. The van der Waals surface area contributed by atoms with E-state index >= 15 is 0 Å². The van der Waals surface area contributed by atoms with Crippen LogP contribution in [0.5, 0.6) is 0 Å². The first-order valence-electron chi connectivity index (χ1n) is 7.88. The predicted molar refractivity (Wildman–Crippen MR) is 107 cm³/mol. The van der Waals surface area contributed by atoms with Crippen molar-refractivity contribution in [1.82, 2.24) is 14.8 Å². The van der Waals surface area contributed by atoms with Crippen LogP contribution in [-0.4, -0.2) is 29.5 Å². The maximum Gasteiger partial charge on any atom is 0.194 e. The van der Waals surface area contributed by atoms with Crippen LogP contribution < -0.4 is 5.32 Å². The number of aliphatic imine (C=N–C) groups is 1. The van der Waals surface area contributed by atoms with Crippen LogP contribution in [0.2, 0.25) is 0 Å². The highest BCUT2D eigenvalue weighted by molar-refractivity contribution is 14.0. The van der Waals surface area contributed by atoms with Crippen molar-refractivity contribution in [3.8, 4) is 0 Å². The summed E-state index contributed by atoms with van der Waals surface area (Å²) in [7, 11) is 5.94. The van der Waals surface area contributed by atoms with Crippen LogP contribution in [0.1, 0.15) is 22.4 Å². The van der Waals surface area contributed by atoms with Crippen molar-refractivity contribution in [3.05, 3.63) is 58.9 Å². The molecule has 1 aliphatic heterocycles. The monoisotopic (exact) mass is 440 g/mol. The van der Waals surface area contributed by atoms with E-state index in [4.69, 9.17) is 4.74 Å². The summed E-state index contributed by atoms with van der Waals surface area (Å²) in [6, 6.07) is 10.7. The molecule has 1 aliphatic rings. The van der Waals surface area contributed by atoms with Crippen LogP contribution in [-0.2, 0) is 38.1 Å². The van der Waals surface area contributed by atoms with E-state index in [0.29, 0.717) is 0 Å². The summed E-state index contributed by atoms with van der Waals surface area (Å²) >= 11 is 0. The molecular formula is C18H25IN4O. The minimum Gasteiger partial charge on any atom is -0.372 e. The van der Waals surface area contributed by atoms with E-state index in [1.54, 1.807) is 0 Å². The Morgan fingerprint density at radius 2 is 2.08 bits per heavy atom. The van der Waals surface area contributed by atoms with E-state index in [1.807, 2.05) is 7.05 Å². The number of rotatable bonds is 4. The van der Waals surface area contributed by atoms with Gasteiger partial charge in [0.05, 0.1) is 19.8 Å². The van der Waals surface area contributed by atoms with E-state index in [2.05, 4.69) is 70.4 Å². The molecule has 0 fully saturated rings. The lowest BCUT2D eigenvalue weighted by Crippen LogP contribution is -2.38. The van der Waals surface area contributed by atoms with Crippen molar-refractivity contribution < 1.29 is 4.74 Å². The molecule has 0 aliphatic carbocycles. The molecular weight excluding hydrogens is 415 g/mol. The lowest BCUT2D eigenvalue weighted by molar-refractivity contribution is 0.134. The molecule has 0 atom stereocenters. The minimum atomic E-state index is 0. The maximum absolute atomic E-state index is 5.47. The Labute approximate surface area is 160 Å². The molecule has 0 bridgehead atoms. The molecule has 0 amide bonds. The second-order valence-corrected chi connectivity index (χ2v) is 5.96. The van der Waals surface area contributed by atoms with Crippen molar-refractivity contribution in [2.45, 2.75) is 26.3 Å². The Morgan fingerprint density at radius 1 is 1.29 bits per heavy atom. The van der Waals surface area contributed by atoms with Gasteiger partial charge in [-0.15, -0.1) is 24.0 Å². The summed E-state index contributed by atoms with van der Waals surface area (Å²) < 4.78 is 7.60. The molecule has 2 aromatic rings. The zero-order valence-corrected chi connectivity index (χ0v) is 16.8. The van der Waals surface area contributed by atoms with Gasteiger partial charge in [0.2, 0.25) is 0 Å². The number of hydrogen-bond donors (Lipinski definition) is 1. The molecule has 2 heterocycles. The third-order valence-electron chi connectivity index (χ3n) is 4.26. The van der Waals surface area contributed by atoms with E-state index in [-0.39, 0.29) is 24.0 Å². The summed E-state index contributed by atoms with van der Waals surface area (Å²) in [4.78, 5) is 6.51. The van der Waals surface area contributed by atoms with E-state index in [1.165, 1.54) is 22.4 Å². The lowest BCUT2D eigenvalue weighted by atomic mass is 10.1. The van der Waals surface area contributed by atoms with Crippen molar-refractivity contribution in [3.63, 3.8) is 0 Å². The number of aryl methyl sites for hydroxylation is 1. The zero-order chi connectivity index (χ0) is 16.2. The Morgan fingerprint density at radius 3 is 2.79 bits per heavy atom. The molecule has 0 saturated heterocycles. The van der Waals surface area contributed by atoms with Gasteiger partial charge in [-0.3, -0.25) is 4.99 Å². The highest BCUT2D eigenvalue weighted by Gasteiger charge is 2.12. The van der Waals surface area contributed by atoms with Gasteiger partial charge in [0, 0.05) is 39.6 Å². The van der Waals surface area contributed by atoms with E-state index in [0.717, 1.165) is 32.3 Å². The number of nitrogens with zero attached hydrogens (tertiary/aromatic N) is 3. The summed E-state index contributed by atoms with van der Waals surface area (Å²) in [5, 5.41) is 3.43. The molecule has 0 saturated carbocycles. The number of aromatic nitrogens is 1. The van der Waals surface area contributed by atoms with Crippen molar-refractivity contribution in [1.29, 1.82) is 0 Å². The fourth-order valence-corrected chi connectivity index (χ4v) is 2.88. The zero-order valence-electron chi connectivity index (χ0n) is 14.5. The van der Waals surface area contributed by atoms with Crippen LogP contribution in [0.4, 0.5) is 0 Å². The molecule has 1 aromatic carbocycles. The molecule has 0 radical (unpaired) electrons. The van der Waals surface area contributed by atoms with Crippen molar-refractivity contribution in [2.75, 3.05) is 14.1 Å². The molecule has 0 spiro atoms. The number of fused-ring (bicyclic) bond motifs is 1. The molecule has 1 aromatic heterocycles. The second-order valence-electron chi connectivity index (χ2n) is 5.96. The van der Waals surface area contributed by atoms with Gasteiger partial charge in [-0.05, 0) is 28.8 Å². The van der Waals surface area contributed by atoms with Gasteiger partial charge in [0.15, 0.2) is 5.96 Å². The number of benzene rings is 1. The van der Waals surface area contributed by atoms with Gasteiger partial charge >= 0.3 is 0 Å². The first-order valence-corrected chi connectivity index (χ1v) is 7.88. The fraction of sp³-hybridized carbons (Fsp3) is 0.389. The van der Waals surface area contributed by atoms with E-state index < -0.39 is 0 Å². The summed E-state index contributed by atoms with van der Waals surface area (Å²) in [5.74, 6) is 0.892. The summed E-state index contributed by atoms with van der Waals surface area (Å²) in [6.07, 6.45) is 2.06. The first kappa shape index (κ1) is 18.8. The standard InChI is InChI=1S/C18H24N4O.HI/c1-19-18(22(3)11-17-5-4-8-21(17)2)20-10-14-6-7-15-12-23-13-16(15)9-14;/h4-9H,10-13H2,1-3H3,(H,19,20);1H. The third-order valence-corrected chi connectivity index (χ3v) is 4.26. The second kappa shape index (κ2) is 8.53. The molecule has 0 unspecified atom stereocenters. The third kappa shape index (κ3) is 4.30. The molecule has 24 heavy (non-hydrogen) atoms. The highest BCUT2D eigenvalue weighted by atomic mass is 127. The van der Waals surface area contributed by atoms with Crippen LogP contribution in [0.15, 0.2) is 41.5 Å².